The number of ether oxygens (including phenoxy) is 1. The van der Waals surface area contributed by atoms with Crippen LogP contribution in [-0.2, 0) is 25.7 Å². The fourth-order valence-corrected chi connectivity index (χ4v) is 3.47. The summed E-state index contributed by atoms with van der Waals surface area (Å²) in [4.78, 5) is 38.6. The lowest BCUT2D eigenvalue weighted by Crippen LogP contribution is -2.53. The van der Waals surface area contributed by atoms with Crippen molar-refractivity contribution < 1.29 is 19.1 Å². The SMILES string of the molecule is CCN1C(=O)/C(=C/c2cn(CC(=O)NCCOC)c3ccccc23)C(=O)NC1=S. The molecule has 8 nitrogen and oxygen atoms in total. The topological polar surface area (TPSA) is 92.7 Å². The third-order valence-electron chi connectivity index (χ3n) is 4.56. The fourth-order valence-electron chi connectivity index (χ4n) is 3.16. The molecule has 2 heterocycles. The van der Waals surface area contributed by atoms with Gasteiger partial charge in [0, 0.05) is 42.9 Å². The van der Waals surface area contributed by atoms with Gasteiger partial charge < -0.3 is 14.6 Å². The number of para-hydroxylation sites is 1. The summed E-state index contributed by atoms with van der Waals surface area (Å²) in [6.45, 7) is 3.11. The molecule has 1 saturated heterocycles. The van der Waals surface area contributed by atoms with Gasteiger partial charge in [-0.15, -0.1) is 0 Å². The Hall–Kier alpha value is -3.04. The zero-order chi connectivity index (χ0) is 21.0. The molecule has 0 atom stereocenters. The summed E-state index contributed by atoms with van der Waals surface area (Å²) < 4.78 is 6.72. The van der Waals surface area contributed by atoms with Gasteiger partial charge in [0.1, 0.15) is 12.1 Å². The first-order chi connectivity index (χ1) is 14.0. The number of carbonyl (C=O) groups excluding carboxylic acids is 3. The lowest BCUT2D eigenvalue weighted by molar-refractivity contribution is -0.128. The number of methoxy groups -OCH3 is 1. The number of aromatic nitrogens is 1. The van der Waals surface area contributed by atoms with Crippen molar-refractivity contribution in [3.05, 3.63) is 41.6 Å². The molecule has 0 saturated carbocycles. The molecule has 9 heteroatoms. The van der Waals surface area contributed by atoms with Crippen LogP contribution in [-0.4, -0.2) is 59.1 Å². The number of amides is 3. The number of nitrogens with one attached hydrogen (secondary N) is 2. The van der Waals surface area contributed by atoms with E-state index >= 15 is 0 Å². The number of hydrogen-bond donors (Lipinski definition) is 2. The zero-order valence-electron chi connectivity index (χ0n) is 16.2. The van der Waals surface area contributed by atoms with Crippen LogP contribution in [0.25, 0.3) is 17.0 Å². The maximum atomic E-state index is 12.7. The first kappa shape index (κ1) is 20.7. The molecule has 0 bridgehead atoms. The number of carbonyl (C=O) groups is 3. The average molecular weight is 414 g/mol. The second-order valence-corrected chi connectivity index (χ2v) is 6.83. The first-order valence-electron chi connectivity index (χ1n) is 9.18. The Labute approximate surface area is 173 Å². The quantitative estimate of drug-likeness (QED) is 0.306. The van der Waals surface area contributed by atoms with Gasteiger partial charge in [0.25, 0.3) is 11.8 Å². The minimum atomic E-state index is -0.529. The fraction of sp³-hybridized carbons (Fsp3) is 0.300. The van der Waals surface area contributed by atoms with Crippen molar-refractivity contribution in [2.75, 3.05) is 26.8 Å². The Morgan fingerprint density at radius 3 is 2.79 bits per heavy atom. The van der Waals surface area contributed by atoms with Gasteiger partial charge in [-0.3, -0.25) is 24.6 Å². The zero-order valence-corrected chi connectivity index (χ0v) is 17.0. The third-order valence-corrected chi connectivity index (χ3v) is 4.89. The van der Waals surface area contributed by atoms with Gasteiger partial charge in [-0.05, 0) is 31.3 Å². The minimum absolute atomic E-state index is 0.00731. The summed E-state index contributed by atoms with van der Waals surface area (Å²) in [5, 5.41) is 6.26. The Bertz CT molecular complexity index is 1010. The maximum absolute atomic E-state index is 12.7. The number of likely N-dealkylation sites (N-methyl/N-ethyl adjacent to an activating group) is 1. The molecule has 29 heavy (non-hydrogen) atoms. The smallest absolute Gasteiger partial charge is 0.265 e. The van der Waals surface area contributed by atoms with Crippen LogP contribution in [0.2, 0.25) is 0 Å². The van der Waals surface area contributed by atoms with E-state index in [1.165, 1.54) is 4.90 Å². The van der Waals surface area contributed by atoms with Gasteiger partial charge in [0.2, 0.25) is 5.91 Å². The Balaban J connectivity index is 1.95. The van der Waals surface area contributed by atoms with E-state index in [1.807, 2.05) is 24.3 Å². The summed E-state index contributed by atoms with van der Waals surface area (Å²) in [6, 6.07) is 7.50. The molecule has 1 aromatic heterocycles. The number of thiocarbonyl (C=S) groups is 1. The molecule has 0 radical (unpaired) electrons. The van der Waals surface area contributed by atoms with Crippen LogP contribution in [0.3, 0.4) is 0 Å². The molecule has 3 amide bonds. The lowest BCUT2D eigenvalue weighted by Gasteiger charge is -2.27. The van der Waals surface area contributed by atoms with Gasteiger partial charge >= 0.3 is 0 Å². The minimum Gasteiger partial charge on any atom is -0.383 e. The standard InChI is InChI=1S/C20H22N4O4S/c1-3-24-19(27)15(18(26)22-20(24)29)10-13-11-23(12-17(25)21-8-9-28-2)16-7-5-4-6-14(13)16/h4-7,10-11H,3,8-9,12H2,1-2H3,(H,21,25)(H,22,26,29)/b15-10+. The van der Waals surface area contributed by atoms with Crippen LogP contribution in [0.4, 0.5) is 0 Å². The molecular formula is C20H22N4O4S. The number of nitrogens with zero attached hydrogens (tertiary/aromatic N) is 2. The summed E-state index contributed by atoms with van der Waals surface area (Å²) in [5.74, 6) is -1.12. The largest absolute Gasteiger partial charge is 0.383 e. The van der Waals surface area contributed by atoms with Crippen LogP contribution >= 0.6 is 12.2 Å². The predicted molar refractivity (Wildman–Crippen MR) is 113 cm³/mol. The molecule has 1 aliphatic heterocycles. The molecule has 1 aliphatic rings. The monoisotopic (exact) mass is 414 g/mol. The van der Waals surface area contributed by atoms with E-state index in [1.54, 1.807) is 30.9 Å². The van der Waals surface area contributed by atoms with Gasteiger partial charge in [0.15, 0.2) is 5.11 Å². The lowest BCUT2D eigenvalue weighted by atomic mass is 10.1. The van der Waals surface area contributed by atoms with Gasteiger partial charge in [-0.25, -0.2) is 0 Å². The Morgan fingerprint density at radius 2 is 2.07 bits per heavy atom. The highest BCUT2D eigenvalue weighted by Gasteiger charge is 2.32. The van der Waals surface area contributed by atoms with E-state index in [-0.39, 0.29) is 23.1 Å². The Kier molecular flexibility index (Phi) is 6.40. The van der Waals surface area contributed by atoms with Crippen LogP contribution in [0.5, 0.6) is 0 Å². The second kappa shape index (κ2) is 8.97. The summed E-state index contributed by atoms with van der Waals surface area (Å²) in [5.41, 5.74) is 1.51. The normalized spacial score (nSPS) is 15.9. The van der Waals surface area contributed by atoms with E-state index in [4.69, 9.17) is 17.0 Å². The van der Waals surface area contributed by atoms with Crippen molar-refractivity contribution >= 4 is 52.0 Å². The highest BCUT2D eigenvalue weighted by molar-refractivity contribution is 7.80. The van der Waals surface area contributed by atoms with Crippen molar-refractivity contribution in [3.63, 3.8) is 0 Å². The van der Waals surface area contributed by atoms with Crippen LogP contribution < -0.4 is 10.6 Å². The highest BCUT2D eigenvalue weighted by atomic mass is 32.1. The summed E-state index contributed by atoms with van der Waals surface area (Å²) in [6.07, 6.45) is 3.31. The molecule has 0 spiro atoms. The van der Waals surface area contributed by atoms with Crippen molar-refractivity contribution in [1.82, 2.24) is 20.1 Å². The van der Waals surface area contributed by atoms with Crippen LogP contribution in [0.1, 0.15) is 12.5 Å². The number of rotatable bonds is 7. The second-order valence-electron chi connectivity index (χ2n) is 6.44. The van der Waals surface area contributed by atoms with Gasteiger partial charge in [-0.2, -0.15) is 0 Å². The van der Waals surface area contributed by atoms with Crippen molar-refractivity contribution in [3.8, 4) is 0 Å². The van der Waals surface area contributed by atoms with Crippen molar-refractivity contribution in [2.24, 2.45) is 0 Å². The number of hydrogen-bond acceptors (Lipinski definition) is 5. The summed E-state index contributed by atoms with van der Waals surface area (Å²) >= 11 is 5.06. The molecule has 1 aromatic carbocycles. The van der Waals surface area contributed by atoms with E-state index in [2.05, 4.69) is 10.6 Å². The molecule has 1 fully saturated rings. The third kappa shape index (κ3) is 4.36. The van der Waals surface area contributed by atoms with E-state index in [0.29, 0.717) is 25.3 Å². The van der Waals surface area contributed by atoms with E-state index in [0.717, 1.165) is 10.9 Å². The maximum Gasteiger partial charge on any atom is 0.265 e. The highest BCUT2D eigenvalue weighted by Crippen LogP contribution is 2.25. The van der Waals surface area contributed by atoms with E-state index in [9.17, 15) is 14.4 Å². The molecule has 0 unspecified atom stereocenters. The molecule has 2 aromatic rings. The van der Waals surface area contributed by atoms with Crippen molar-refractivity contribution in [2.45, 2.75) is 13.5 Å². The Morgan fingerprint density at radius 1 is 1.31 bits per heavy atom. The van der Waals surface area contributed by atoms with Crippen molar-refractivity contribution in [1.29, 1.82) is 0 Å². The first-order valence-corrected chi connectivity index (χ1v) is 9.59. The van der Waals surface area contributed by atoms with E-state index < -0.39 is 11.8 Å². The summed E-state index contributed by atoms with van der Waals surface area (Å²) in [7, 11) is 1.57. The molecule has 3 rings (SSSR count). The number of benzene rings is 1. The molecule has 152 valence electrons. The van der Waals surface area contributed by atoms with Crippen LogP contribution in [0.15, 0.2) is 36.0 Å². The molecule has 0 aliphatic carbocycles. The van der Waals surface area contributed by atoms with Gasteiger partial charge in [0.05, 0.1) is 6.61 Å². The number of fused-ring (bicyclic) bond motifs is 1. The average Bonchev–Trinajstić information content (AvgIpc) is 3.03. The van der Waals surface area contributed by atoms with Gasteiger partial charge in [-0.1, -0.05) is 18.2 Å². The predicted octanol–water partition coefficient (Wildman–Crippen LogP) is 1.05. The van der Waals surface area contributed by atoms with Crippen LogP contribution in [0, 0.1) is 0 Å². The molecule has 2 N–H and O–H groups in total. The molecular weight excluding hydrogens is 392 g/mol.